The van der Waals surface area contributed by atoms with E-state index in [1.165, 1.54) is 0 Å². The summed E-state index contributed by atoms with van der Waals surface area (Å²) in [6.45, 7) is 6.92. The Bertz CT molecular complexity index is 248. The number of hydrogen-bond donors (Lipinski definition) is 2. The topological polar surface area (TPSA) is 44.4 Å². The molecule has 0 atom stereocenters. The highest BCUT2D eigenvalue weighted by Crippen LogP contribution is 2.42. The Balaban J connectivity index is 2.01. The SMILES string of the molecule is CC(C)NC(=O)N1CCCNCC12CC2. The van der Waals surface area contributed by atoms with E-state index in [2.05, 4.69) is 10.6 Å². The molecule has 15 heavy (non-hydrogen) atoms. The van der Waals surface area contributed by atoms with Gasteiger partial charge < -0.3 is 15.5 Å². The van der Waals surface area contributed by atoms with Crippen molar-refractivity contribution in [2.45, 2.75) is 44.7 Å². The Labute approximate surface area is 91.4 Å². The van der Waals surface area contributed by atoms with E-state index in [9.17, 15) is 4.79 Å². The standard InChI is InChI=1S/C11H21N3O/c1-9(2)13-10(15)14-7-3-6-12-8-11(14)4-5-11/h9,12H,3-8H2,1-2H3,(H,13,15). The fourth-order valence-corrected chi connectivity index (χ4v) is 2.25. The Kier molecular flexibility index (Phi) is 2.87. The number of amides is 2. The van der Waals surface area contributed by atoms with Gasteiger partial charge in [-0.15, -0.1) is 0 Å². The van der Waals surface area contributed by atoms with E-state index in [0.29, 0.717) is 0 Å². The number of urea groups is 1. The zero-order valence-corrected chi connectivity index (χ0v) is 9.68. The summed E-state index contributed by atoms with van der Waals surface area (Å²) >= 11 is 0. The van der Waals surface area contributed by atoms with Gasteiger partial charge in [0.2, 0.25) is 0 Å². The van der Waals surface area contributed by atoms with Gasteiger partial charge in [-0.05, 0) is 39.7 Å². The van der Waals surface area contributed by atoms with Crippen molar-refractivity contribution in [3.05, 3.63) is 0 Å². The second kappa shape index (κ2) is 4.00. The average Bonchev–Trinajstić information content (AvgIpc) is 2.93. The number of rotatable bonds is 1. The van der Waals surface area contributed by atoms with E-state index in [4.69, 9.17) is 0 Å². The van der Waals surface area contributed by atoms with E-state index in [1.807, 2.05) is 18.7 Å². The van der Waals surface area contributed by atoms with Crippen LogP contribution >= 0.6 is 0 Å². The van der Waals surface area contributed by atoms with Crippen molar-refractivity contribution in [1.82, 2.24) is 15.5 Å². The summed E-state index contributed by atoms with van der Waals surface area (Å²) in [6.07, 6.45) is 3.38. The van der Waals surface area contributed by atoms with Gasteiger partial charge in [-0.3, -0.25) is 0 Å². The summed E-state index contributed by atoms with van der Waals surface area (Å²) in [5, 5.41) is 6.41. The highest BCUT2D eigenvalue weighted by Gasteiger charge is 2.50. The van der Waals surface area contributed by atoms with Crippen LogP contribution in [0.3, 0.4) is 0 Å². The molecule has 1 spiro atoms. The van der Waals surface area contributed by atoms with E-state index in [1.54, 1.807) is 0 Å². The van der Waals surface area contributed by atoms with Gasteiger partial charge >= 0.3 is 6.03 Å². The first-order chi connectivity index (χ1) is 7.14. The molecule has 0 aromatic heterocycles. The molecule has 4 nitrogen and oxygen atoms in total. The normalized spacial score (nSPS) is 24.1. The zero-order chi connectivity index (χ0) is 10.9. The van der Waals surface area contributed by atoms with Crippen LogP contribution in [0.5, 0.6) is 0 Å². The van der Waals surface area contributed by atoms with E-state index in [0.717, 1.165) is 38.9 Å². The molecule has 0 aromatic rings. The van der Waals surface area contributed by atoms with Crippen LogP contribution in [0.25, 0.3) is 0 Å². The van der Waals surface area contributed by atoms with Crippen molar-refractivity contribution in [2.24, 2.45) is 0 Å². The lowest BCUT2D eigenvalue weighted by Crippen LogP contribution is -2.51. The van der Waals surface area contributed by atoms with Gasteiger partial charge in [0.15, 0.2) is 0 Å². The molecule has 1 saturated heterocycles. The highest BCUT2D eigenvalue weighted by molar-refractivity contribution is 5.76. The summed E-state index contributed by atoms with van der Waals surface area (Å²) in [7, 11) is 0. The van der Waals surface area contributed by atoms with Crippen molar-refractivity contribution >= 4 is 6.03 Å². The van der Waals surface area contributed by atoms with Crippen molar-refractivity contribution in [1.29, 1.82) is 0 Å². The van der Waals surface area contributed by atoms with Gasteiger partial charge in [0.1, 0.15) is 0 Å². The summed E-state index contributed by atoms with van der Waals surface area (Å²) in [4.78, 5) is 14.1. The highest BCUT2D eigenvalue weighted by atomic mass is 16.2. The van der Waals surface area contributed by atoms with Gasteiger partial charge in [-0.2, -0.15) is 0 Å². The van der Waals surface area contributed by atoms with Crippen molar-refractivity contribution in [3.63, 3.8) is 0 Å². The molecule has 4 heteroatoms. The molecule has 2 aliphatic rings. The molecule has 86 valence electrons. The minimum Gasteiger partial charge on any atom is -0.336 e. The molecule has 1 heterocycles. The fraction of sp³-hybridized carbons (Fsp3) is 0.909. The van der Waals surface area contributed by atoms with Crippen LogP contribution in [0, 0.1) is 0 Å². The number of nitrogens with zero attached hydrogens (tertiary/aromatic N) is 1. The molecule has 1 aliphatic carbocycles. The molecular formula is C11H21N3O. The van der Waals surface area contributed by atoms with Gasteiger partial charge in [-0.25, -0.2) is 4.79 Å². The van der Waals surface area contributed by atoms with Crippen molar-refractivity contribution in [3.8, 4) is 0 Å². The molecule has 0 bridgehead atoms. The van der Waals surface area contributed by atoms with Crippen LogP contribution in [0.4, 0.5) is 4.79 Å². The maximum Gasteiger partial charge on any atom is 0.318 e. The van der Waals surface area contributed by atoms with Crippen LogP contribution in [-0.2, 0) is 0 Å². The van der Waals surface area contributed by atoms with E-state index >= 15 is 0 Å². The molecule has 2 rings (SSSR count). The second-order valence-corrected chi connectivity index (χ2v) is 5.01. The van der Waals surface area contributed by atoms with Crippen molar-refractivity contribution in [2.75, 3.05) is 19.6 Å². The molecule has 1 aliphatic heterocycles. The molecule has 2 amide bonds. The minimum atomic E-state index is 0.117. The number of carbonyl (C=O) groups is 1. The molecule has 2 fully saturated rings. The quantitative estimate of drug-likeness (QED) is 0.678. The average molecular weight is 211 g/mol. The van der Waals surface area contributed by atoms with E-state index < -0.39 is 0 Å². The van der Waals surface area contributed by atoms with Gasteiger partial charge in [0.25, 0.3) is 0 Å². The molecule has 0 unspecified atom stereocenters. The molecule has 0 aromatic carbocycles. The first-order valence-electron chi connectivity index (χ1n) is 5.93. The lowest BCUT2D eigenvalue weighted by atomic mass is 10.2. The first kappa shape index (κ1) is 10.7. The number of hydrogen-bond acceptors (Lipinski definition) is 2. The lowest BCUT2D eigenvalue weighted by molar-refractivity contribution is 0.169. The van der Waals surface area contributed by atoms with Gasteiger partial charge in [0.05, 0.1) is 5.54 Å². The maximum absolute atomic E-state index is 12.0. The van der Waals surface area contributed by atoms with Crippen LogP contribution in [-0.4, -0.2) is 42.1 Å². The predicted molar refractivity (Wildman–Crippen MR) is 59.8 cm³/mol. The smallest absolute Gasteiger partial charge is 0.318 e. The van der Waals surface area contributed by atoms with Gasteiger partial charge in [-0.1, -0.05) is 0 Å². The van der Waals surface area contributed by atoms with Gasteiger partial charge in [0, 0.05) is 19.1 Å². The Hall–Kier alpha value is -0.770. The second-order valence-electron chi connectivity index (χ2n) is 5.01. The number of carbonyl (C=O) groups excluding carboxylic acids is 1. The Morgan fingerprint density at radius 3 is 2.80 bits per heavy atom. The maximum atomic E-state index is 12.0. The van der Waals surface area contributed by atoms with E-state index in [-0.39, 0.29) is 17.6 Å². The largest absolute Gasteiger partial charge is 0.336 e. The van der Waals surface area contributed by atoms with Crippen LogP contribution < -0.4 is 10.6 Å². The molecule has 0 radical (unpaired) electrons. The Morgan fingerprint density at radius 1 is 1.47 bits per heavy atom. The van der Waals surface area contributed by atoms with Crippen LogP contribution in [0.15, 0.2) is 0 Å². The first-order valence-corrected chi connectivity index (χ1v) is 5.93. The monoisotopic (exact) mass is 211 g/mol. The summed E-state index contributed by atoms with van der Waals surface area (Å²) < 4.78 is 0. The summed E-state index contributed by atoms with van der Waals surface area (Å²) in [5.41, 5.74) is 0.148. The van der Waals surface area contributed by atoms with Crippen LogP contribution in [0.1, 0.15) is 33.1 Å². The summed E-state index contributed by atoms with van der Waals surface area (Å²) in [6, 6.07) is 0.343. The molecule has 1 saturated carbocycles. The minimum absolute atomic E-state index is 0.117. The molecular weight excluding hydrogens is 190 g/mol. The zero-order valence-electron chi connectivity index (χ0n) is 9.68. The lowest BCUT2D eigenvalue weighted by Gasteiger charge is -2.30. The number of nitrogens with one attached hydrogen (secondary N) is 2. The summed E-state index contributed by atoms with van der Waals surface area (Å²) in [5.74, 6) is 0. The van der Waals surface area contributed by atoms with Crippen LogP contribution in [0.2, 0.25) is 0 Å². The van der Waals surface area contributed by atoms with Crippen molar-refractivity contribution < 1.29 is 4.79 Å². The molecule has 2 N–H and O–H groups in total. The third-order valence-corrected chi connectivity index (χ3v) is 3.25. The Morgan fingerprint density at radius 2 is 2.20 bits per heavy atom. The third kappa shape index (κ3) is 2.25. The predicted octanol–water partition coefficient (Wildman–Crippen LogP) is 0.932. The fourth-order valence-electron chi connectivity index (χ4n) is 2.25. The third-order valence-electron chi connectivity index (χ3n) is 3.25.